The molecule has 0 saturated heterocycles. The Morgan fingerprint density at radius 1 is 1.22 bits per heavy atom. The third-order valence-electron chi connectivity index (χ3n) is 2.56. The zero-order valence-corrected chi connectivity index (χ0v) is 10.2. The van der Waals surface area contributed by atoms with E-state index < -0.39 is 0 Å². The van der Waals surface area contributed by atoms with Crippen molar-refractivity contribution in [3.05, 3.63) is 48.5 Å². The van der Waals surface area contributed by atoms with Gasteiger partial charge in [-0.05, 0) is 12.1 Å². The number of anilines is 2. The number of hydrogen-bond acceptors (Lipinski definition) is 4. The average Bonchev–Trinajstić information content (AvgIpc) is 2.87. The molecule has 0 aliphatic carbocycles. The van der Waals surface area contributed by atoms with Gasteiger partial charge in [0.1, 0.15) is 6.26 Å². The molecule has 0 amide bonds. The van der Waals surface area contributed by atoms with Crippen LogP contribution in [0, 0.1) is 0 Å². The second-order valence-electron chi connectivity index (χ2n) is 3.78. The Hall–Kier alpha value is -2.07. The van der Waals surface area contributed by atoms with Gasteiger partial charge in [-0.2, -0.15) is 4.98 Å². The normalized spacial score (nSPS) is 10.7. The molecule has 1 aromatic carbocycles. The van der Waals surface area contributed by atoms with Crippen LogP contribution in [0.15, 0.2) is 47.2 Å². The Bertz CT molecular complexity index is 675. The summed E-state index contributed by atoms with van der Waals surface area (Å²) in [5.41, 5.74) is 2.44. The van der Waals surface area contributed by atoms with E-state index in [9.17, 15) is 0 Å². The van der Waals surface area contributed by atoms with Crippen molar-refractivity contribution in [3.8, 4) is 0 Å². The van der Waals surface area contributed by atoms with Crippen molar-refractivity contribution < 1.29 is 4.42 Å². The molecule has 1 N–H and O–H groups in total. The van der Waals surface area contributed by atoms with Gasteiger partial charge in [0.15, 0.2) is 0 Å². The number of para-hydroxylation sites is 1. The molecule has 0 fully saturated rings. The minimum absolute atomic E-state index is 0.332. The predicted molar refractivity (Wildman–Crippen MR) is 71.1 cm³/mol. The number of oxazole rings is 1. The Kier molecular flexibility index (Phi) is 2.86. The first kappa shape index (κ1) is 11.0. The van der Waals surface area contributed by atoms with E-state index in [0.29, 0.717) is 17.6 Å². The van der Waals surface area contributed by atoms with Gasteiger partial charge in [-0.15, -0.1) is 11.6 Å². The highest BCUT2D eigenvalue weighted by Gasteiger charge is 2.06. The second-order valence-corrected chi connectivity index (χ2v) is 4.05. The van der Waals surface area contributed by atoms with Crippen molar-refractivity contribution in [3.63, 3.8) is 0 Å². The maximum Gasteiger partial charge on any atom is 0.299 e. The maximum absolute atomic E-state index is 5.68. The number of nitrogens with one attached hydrogen (secondary N) is 1. The summed E-state index contributed by atoms with van der Waals surface area (Å²) in [5.74, 6) is 0.332. The van der Waals surface area contributed by atoms with Crippen LogP contribution in [0.3, 0.4) is 0 Å². The topological polar surface area (TPSA) is 51.0 Å². The second kappa shape index (κ2) is 4.66. The molecule has 5 heteroatoms. The molecule has 2 heterocycles. The highest BCUT2D eigenvalue weighted by molar-refractivity contribution is 6.16. The van der Waals surface area contributed by atoms with Crippen LogP contribution in [-0.2, 0) is 5.88 Å². The number of alkyl halides is 1. The monoisotopic (exact) mass is 259 g/mol. The largest absolute Gasteiger partial charge is 0.432 e. The molecule has 0 bridgehead atoms. The summed E-state index contributed by atoms with van der Waals surface area (Å²) in [6, 6.07) is 10.2. The molecule has 0 spiro atoms. The molecule has 18 heavy (non-hydrogen) atoms. The summed E-state index contributed by atoms with van der Waals surface area (Å²) >= 11 is 5.68. The van der Waals surface area contributed by atoms with Gasteiger partial charge in [-0.1, -0.05) is 18.2 Å². The molecular weight excluding hydrogens is 250 g/mol. The van der Waals surface area contributed by atoms with Crippen molar-refractivity contribution in [2.45, 2.75) is 5.88 Å². The van der Waals surface area contributed by atoms with Crippen LogP contribution < -0.4 is 5.32 Å². The van der Waals surface area contributed by atoms with E-state index >= 15 is 0 Å². The Morgan fingerprint density at radius 2 is 2.11 bits per heavy atom. The highest BCUT2D eigenvalue weighted by Crippen LogP contribution is 2.24. The van der Waals surface area contributed by atoms with Crippen molar-refractivity contribution in [1.82, 2.24) is 9.97 Å². The van der Waals surface area contributed by atoms with Gasteiger partial charge in [0, 0.05) is 11.6 Å². The SMILES string of the molecule is ClCc1coc(Nc2cccc3cccnc23)n1. The van der Waals surface area contributed by atoms with Crippen LogP contribution in [0.5, 0.6) is 0 Å². The van der Waals surface area contributed by atoms with Gasteiger partial charge in [-0.3, -0.25) is 4.98 Å². The van der Waals surface area contributed by atoms with Crippen molar-refractivity contribution in [2.24, 2.45) is 0 Å². The lowest BCUT2D eigenvalue weighted by atomic mass is 10.2. The van der Waals surface area contributed by atoms with E-state index in [0.717, 1.165) is 16.6 Å². The number of fused-ring (bicyclic) bond motifs is 1. The zero-order chi connectivity index (χ0) is 12.4. The summed E-state index contributed by atoms with van der Waals surface area (Å²) in [6.07, 6.45) is 3.29. The Labute approximate surface area is 109 Å². The molecule has 3 rings (SSSR count). The summed E-state index contributed by atoms with van der Waals surface area (Å²) in [4.78, 5) is 8.54. The zero-order valence-electron chi connectivity index (χ0n) is 9.43. The molecule has 0 atom stereocenters. The first-order valence-electron chi connectivity index (χ1n) is 5.48. The lowest BCUT2D eigenvalue weighted by Crippen LogP contribution is -1.93. The van der Waals surface area contributed by atoms with Crippen LogP contribution in [0.25, 0.3) is 10.9 Å². The molecule has 0 radical (unpaired) electrons. The Balaban J connectivity index is 1.99. The molecule has 0 aliphatic heterocycles. The highest BCUT2D eigenvalue weighted by atomic mass is 35.5. The number of hydrogen-bond donors (Lipinski definition) is 1. The minimum atomic E-state index is 0.332. The van der Waals surface area contributed by atoms with Gasteiger partial charge in [-0.25, -0.2) is 0 Å². The van der Waals surface area contributed by atoms with E-state index in [-0.39, 0.29) is 0 Å². The van der Waals surface area contributed by atoms with Crippen LogP contribution in [-0.4, -0.2) is 9.97 Å². The van der Waals surface area contributed by atoms with Gasteiger partial charge in [0.05, 0.1) is 22.8 Å². The fraction of sp³-hybridized carbons (Fsp3) is 0.0769. The maximum atomic E-state index is 5.68. The van der Waals surface area contributed by atoms with Crippen LogP contribution in [0.2, 0.25) is 0 Å². The smallest absolute Gasteiger partial charge is 0.299 e. The number of nitrogens with zero attached hydrogens (tertiary/aromatic N) is 2. The molecule has 0 saturated carbocycles. The minimum Gasteiger partial charge on any atom is -0.432 e. The molecule has 0 aliphatic rings. The van der Waals surface area contributed by atoms with Crippen LogP contribution in [0.1, 0.15) is 5.69 Å². The van der Waals surface area contributed by atoms with Gasteiger partial charge >= 0.3 is 0 Å². The molecule has 90 valence electrons. The average molecular weight is 260 g/mol. The summed E-state index contributed by atoms with van der Waals surface area (Å²) in [6.45, 7) is 0. The fourth-order valence-corrected chi connectivity index (χ4v) is 1.87. The number of benzene rings is 1. The lowest BCUT2D eigenvalue weighted by molar-refractivity contribution is 0.576. The summed E-state index contributed by atoms with van der Waals surface area (Å²) in [7, 11) is 0. The van der Waals surface area contributed by atoms with Gasteiger partial charge < -0.3 is 9.73 Å². The fourth-order valence-electron chi connectivity index (χ4n) is 1.75. The number of aromatic nitrogens is 2. The lowest BCUT2D eigenvalue weighted by Gasteiger charge is -2.04. The van der Waals surface area contributed by atoms with E-state index in [2.05, 4.69) is 15.3 Å². The van der Waals surface area contributed by atoms with E-state index in [1.807, 2.05) is 30.3 Å². The third-order valence-corrected chi connectivity index (χ3v) is 2.84. The molecule has 3 aromatic rings. The summed E-state index contributed by atoms with van der Waals surface area (Å²) in [5, 5.41) is 4.16. The number of pyridine rings is 1. The molecule has 0 unspecified atom stereocenters. The molecular formula is C13H10ClN3O. The first-order chi connectivity index (χ1) is 8.86. The third kappa shape index (κ3) is 2.02. The standard InChI is InChI=1S/C13H10ClN3O/c14-7-10-8-18-13(16-10)17-11-5-1-3-9-4-2-6-15-12(9)11/h1-6,8H,7H2,(H,16,17). The Morgan fingerprint density at radius 3 is 2.94 bits per heavy atom. The first-order valence-corrected chi connectivity index (χ1v) is 6.01. The molecule has 4 nitrogen and oxygen atoms in total. The van der Waals surface area contributed by atoms with Crippen LogP contribution in [0.4, 0.5) is 11.7 Å². The van der Waals surface area contributed by atoms with Gasteiger partial charge in [0.25, 0.3) is 6.01 Å². The van der Waals surface area contributed by atoms with Crippen molar-refractivity contribution in [1.29, 1.82) is 0 Å². The number of halogens is 1. The van der Waals surface area contributed by atoms with Crippen molar-refractivity contribution in [2.75, 3.05) is 5.32 Å². The van der Waals surface area contributed by atoms with E-state index in [1.165, 1.54) is 6.26 Å². The van der Waals surface area contributed by atoms with Crippen LogP contribution >= 0.6 is 11.6 Å². The predicted octanol–water partition coefficient (Wildman–Crippen LogP) is 3.71. The molecule has 2 aromatic heterocycles. The quantitative estimate of drug-likeness (QED) is 0.729. The van der Waals surface area contributed by atoms with Gasteiger partial charge in [0.2, 0.25) is 0 Å². The summed E-state index contributed by atoms with van der Waals surface area (Å²) < 4.78 is 5.27. The van der Waals surface area contributed by atoms with Crippen molar-refractivity contribution >= 4 is 34.2 Å². The number of rotatable bonds is 3. The van der Waals surface area contributed by atoms with E-state index in [1.54, 1.807) is 6.20 Å². The van der Waals surface area contributed by atoms with E-state index in [4.69, 9.17) is 16.0 Å².